The highest BCUT2D eigenvalue weighted by molar-refractivity contribution is 6.02. The molecular formula is C28H34N4O5. The SMILES string of the molecule is CCC(=O)[C@H](C[C@@H]1CCCNC1=O)NC(=O)[C@@H]1[C@H]2C=CC[C@H]2CN1C(=O)c1cc2c(OC)cccc2[nH]1. The number of H-pyrrole nitrogens is 1. The molecule has 2 fully saturated rings. The number of ketones is 1. The lowest BCUT2D eigenvalue weighted by Crippen LogP contribution is -2.53. The number of nitrogens with one attached hydrogen (secondary N) is 3. The average molecular weight is 507 g/mol. The van der Waals surface area contributed by atoms with Crippen molar-refractivity contribution < 1.29 is 23.9 Å². The summed E-state index contributed by atoms with van der Waals surface area (Å²) in [6.07, 6.45) is 6.96. The lowest BCUT2D eigenvalue weighted by atomic mass is 9.88. The Kier molecular flexibility index (Phi) is 7.04. The van der Waals surface area contributed by atoms with Crippen molar-refractivity contribution in [1.82, 2.24) is 20.5 Å². The fourth-order valence-electron chi connectivity index (χ4n) is 6.08. The largest absolute Gasteiger partial charge is 0.496 e. The van der Waals surface area contributed by atoms with Crippen LogP contribution in [-0.4, -0.2) is 65.7 Å². The number of benzene rings is 1. The summed E-state index contributed by atoms with van der Waals surface area (Å²) in [5.41, 5.74) is 1.17. The second kappa shape index (κ2) is 10.4. The lowest BCUT2D eigenvalue weighted by molar-refractivity contribution is -0.132. The molecule has 0 unspecified atom stereocenters. The third-order valence-corrected chi connectivity index (χ3v) is 8.05. The molecule has 2 aliphatic heterocycles. The van der Waals surface area contributed by atoms with Gasteiger partial charge in [0.15, 0.2) is 5.78 Å². The molecule has 0 bridgehead atoms. The highest BCUT2D eigenvalue weighted by Crippen LogP contribution is 2.39. The summed E-state index contributed by atoms with van der Waals surface area (Å²) in [5, 5.41) is 6.60. The fraction of sp³-hybridized carbons (Fsp3) is 0.500. The molecule has 2 aromatic rings. The van der Waals surface area contributed by atoms with Crippen LogP contribution in [0.25, 0.3) is 10.9 Å². The Balaban J connectivity index is 1.39. The van der Waals surface area contributed by atoms with Crippen LogP contribution in [0.1, 0.15) is 49.5 Å². The summed E-state index contributed by atoms with van der Waals surface area (Å²) < 4.78 is 5.43. The number of nitrogens with zero attached hydrogens (tertiary/aromatic N) is 1. The van der Waals surface area contributed by atoms with E-state index in [1.54, 1.807) is 25.0 Å². The van der Waals surface area contributed by atoms with E-state index in [0.717, 1.165) is 23.7 Å². The van der Waals surface area contributed by atoms with Gasteiger partial charge in [0.05, 0.1) is 13.2 Å². The monoisotopic (exact) mass is 506 g/mol. The van der Waals surface area contributed by atoms with Crippen molar-refractivity contribution in [1.29, 1.82) is 0 Å². The van der Waals surface area contributed by atoms with E-state index >= 15 is 0 Å². The van der Waals surface area contributed by atoms with Gasteiger partial charge in [-0.25, -0.2) is 0 Å². The summed E-state index contributed by atoms with van der Waals surface area (Å²) in [6.45, 7) is 2.86. The van der Waals surface area contributed by atoms with Gasteiger partial charge >= 0.3 is 0 Å². The molecule has 2 saturated heterocycles. The highest BCUT2D eigenvalue weighted by atomic mass is 16.5. The number of aromatic amines is 1. The highest BCUT2D eigenvalue weighted by Gasteiger charge is 2.48. The molecular weight excluding hydrogens is 472 g/mol. The first-order valence-corrected chi connectivity index (χ1v) is 13.2. The van der Waals surface area contributed by atoms with Crippen LogP contribution in [-0.2, 0) is 14.4 Å². The number of methoxy groups -OCH3 is 1. The minimum Gasteiger partial charge on any atom is -0.496 e. The van der Waals surface area contributed by atoms with E-state index in [9.17, 15) is 19.2 Å². The van der Waals surface area contributed by atoms with Gasteiger partial charge in [-0.1, -0.05) is 25.1 Å². The molecule has 9 heteroatoms. The number of Topliss-reactive ketones (excluding diaryl/α,β-unsaturated/α-hetero) is 1. The maximum absolute atomic E-state index is 13.7. The Bertz CT molecular complexity index is 1250. The molecule has 0 saturated carbocycles. The van der Waals surface area contributed by atoms with E-state index in [2.05, 4.69) is 21.7 Å². The lowest BCUT2D eigenvalue weighted by Gasteiger charge is -2.30. The van der Waals surface area contributed by atoms with Crippen molar-refractivity contribution in [3.8, 4) is 5.75 Å². The maximum atomic E-state index is 13.7. The van der Waals surface area contributed by atoms with E-state index in [0.29, 0.717) is 31.0 Å². The minimum atomic E-state index is -0.759. The molecule has 3 aliphatic rings. The zero-order valence-corrected chi connectivity index (χ0v) is 21.3. The molecule has 5 atom stereocenters. The molecule has 3 amide bonds. The van der Waals surface area contributed by atoms with Crippen LogP contribution in [0, 0.1) is 17.8 Å². The quantitative estimate of drug-likeness (QED) is 0.476. The van der Waals surface area contributed by atoms with Gasteiger partial charge in [0.2, 0.25) is 11.8 Å². The smallest absolute Gasteiger partial charge is 0.271 e. The summed E-state index contributed by atoms with van der Waals surface area (Å²) in [4.78, 5) is 57.4. The van der Waals surface area contributed by atoms with Crippen molar-refractivity contribution in [2.24, 2.45) is 17.8 Å². The average Bonchev–Trinajstić information content (AvgIpc) is 3.62. The molecule has 1 aromatic heterocycles. The van der Waals surface area contributed by atoms with Gasteiger partial charge in [-0.15, -0.1) is 0 Å². The normalized spacial score (nSPS) is 25.6. The number of likely N-dealkylation sites (tertiary alicyclic amines) is 1. The first-order valence-electron chi connectivity index (χ1n) is 13.2. The number of piperidine rings is 1. The number of fused-ring (bicyclic) bond motifs is 2. The van der Waals surface area contributed by atoms with Crippen LogP contribution in [0.5, 0.6) is 5.75 Å². The van der Waals surface area contributed by atoms with Gasteiger partial charge in [0, 0.05) is 42.2 Å². The molecule has 196 valence electrons. The van der Waals surface area contributed by atoms with Crippen molar-refractivity contribution >= 4 is 34.4 Å². The van der Waals surface area contributed by atoms with E-state index in [-0.39, 0.29) is 54.1 Å². The van der Waals surface area contributed by atoms with E-state index in [1.165, 1.54) is 0 Å². The number of carbonyl (C=O) groups is 4. The number of rotatable bonds is 8. The zero-order chi connectivity index (χ0) is 26.1. The van der Waals surface area contributed by atoms with Crippen molar-refractivity contribution in [2.75, 3.05) is 20.2 Å². The Hall–Kier alpha value is -3.62. The molecule has 0 spiro atoms. The molecule has 9 nitrogen and oxygen atoms in total. The molecule has 5 rings (SSSR count). The molecule has 3 N–H and O–H groups in total. The van der Waals surface area contributed by atoms with Crippen LogP contribution >= 0.6 is 0 Å². The summed E-state index contributed by atoms with van der Waals surface area (Å²) in [5.74, 6) is -0.382. The predicted octanol–water partition coefficient (Wildman–Crippen LogP) is 2.57. The number of amides is 3. The fourth-order valence-corrected chi connectivity index (χ4v) is 6.08. The number of hydrogen-bond donors (Lipinski definition) is 3. The Morgan fingerprint density at radius 1 is 1.27 bits per heavy atom. The topological polar surface area (TPSA) is 121 Å². The van der Waals surface area contributed by atoms with Crippen LogP contribution < -0.4 is 15.4 Å². The Labute approximate surface area is 216 Å². The van der Waals surface area contributed by atoms with Crippen molar-refractivity contribution in [3.05, 3.63) is 42.1 Å². The van der Waals surface area contributed by atoms with Gasteiger partial charge in [0.1, 0.15) is 17.5 Å². The third-order valence-electron chi connectivity index (χ3n) is 8.05. The Morgan fingerprint density at radius 3 is 2.86 bits per heavy atom. The van der Waals surface area contributed by atoms with Crippen LogP contribution in [0.15, 0.2) is 36.4 Å². The van der Waals surface area contributed by atoms with E-state index < -0.39 is 12.1 Å². The second-order valence-corrected chi connectivity index (χ2v) is 10.3. The molecule has 1 aliphatic carbocycles. The Morgan fingerprint density at radius 2 is 2.11 bits per heavy atom. The molecule has 0 radical (unpaired) electrons. The standard InChI is InChI=1S/C28H34N4O5/c1-3-23(33)21(13-16-8-6-12-29-26(16)34)31-27(35)25-18-9-4-7-17(18)15-32(25)28(36)22-14-19-20(30-22)10-5-11-24(19)37-2/h4-5,9-11,14,16-18,21,25,30H,3,6-8,12-13,15H2,1-2H3,(H,29,34)(H,31,35)/t16-,17-,18-,21-,25-/m0/s1. The van der Waals surface area contributed by atoms with Gasteiger partial charge in [-0.2, -0.15) is 0 Å². The summed E-state index contributed by atoms with van der Waals surface area (Å²) >= 11 is 0. The van der Waals surface area contributed by atoms with Crippen LogP contribution in [0.4, 0.5) is 0 Å². The minimum absolute atomic E-state index is 0.0693. The van der Waals surface area contributed by atoms with Gasteiger partial charge < -0.3 is 25.3 Å². The van der Waals surface area contributed by atoms with Gasteiger partial charge in [-0.05, 0) is 49.8 Å². The van der Waals surface area contributed by atoms with Crippen LogP contribution in [0.2, 0.25) is 0 Å². The molecule has 1 aromatic carbocycles. The summed E-state index contributed by atoms with van der Waals surface area (Å²) in [6, 6.07) is 5.85. The first-order chi connectivity index (χ1) is 17.9. The predicted molar refractivity (Wildman–Crippen MR) is 138 cm³/mol. The first kappa shape index (κ1) is 25.0. The molecule has 37 heavy (non-hydrogen) atoms. The van der Waals surface area contributed by atoms with E-state index in [1.807, 2.05) is 24.3 Å². The van der Waals surface area contributed by atoms with Crippen molar-refractivity contribution in [3.63, 3.8) is 0 Å². The molecule has 3 heterocycles. The number of ether oxygens (including phenoxy) is 1. The zero-order valence-electron chi connectivity index (χ0n) is 21.3. The van der Waals surface area contributed by atoms with Crippen LogP contribution in [0.3, 0.4) is 0 Å². The second-order valence-electron chi connectivity index (χ2n) is 10.3. The number of hydrogen-bond acceptors (Lipinski definition) is 5. The number of aromatic nitrogens is 1. The van der Waals surface area contributed by atoms with Gasteiger partial charge in [-0.3, -0.25) is 19.2 Å². The van der Waals surface area contributed by atoms with Crippen molar-refractivity contribution in [2.45, 2.75) is 51.1 Å². The number of allylic oxidation sites excluding steroid dienone is 1. The van der Waals surface area contributed by atoms with E-state index in [4.69, 9.17) is 4.74 Å². The summed E-state index contributed by atoms with van der Waals surface area (Å²) in [7, 11) is 1.59. The maximum Gasteiger partial charge on any atom is 0.271 e. The third kappa shape index (κ3) is 4.74. The van der Waals surface area contributed by atoms with Gasteiger partial charge in [0.25, 0.3) is 5.91 Å². The number of carbonyl (C=O) groups excluding carboxylic acids is 4.